The number of nitrogens with one attached hydrogen (secondary N) is 1. The average molecular weight is 351 g/mol. The van der Waals surface area contributed by atoms with Gasteiger partial charge in [-0.2, -0.15) is 0 Å². The molecule has 0 unspecified atom stereocenters. The third kappa shape index (κ3) is 3.15. The molecule has 0 aliphatic heterocycles. The monoisotopic (exact) mass is 351 g/mol. The summed E-state index contributed by atoms with van der Waals surface area (Å²) in [6, 6.07) is 6.23. The highest BCUT2D eigenvalue weighted by Gasteiger charge is 2.21. The second-order valence-corrected chi connectivity index (χ2v) is 6.99. The van der Waals surface area contributed by atoms with Crippen molar-refractivity contribution < 1.29 is 17.2 Å². The number of nitrogens with zero attached hydrogens (tertiary/aromatic N) is 2. The van der Waals surface area contributed by atoms with E-state index in [0.717, 1.165) is 18.2 Å². The molecule has 0 saturated carbocycles. The lowest BCUT2D eigenvalue weighted by molar-refractivity contribution is 0.571. The smallest absolute Gasteiger partial charge is 0.243 e. The van der Waals surface area contributed by atoms with Gasteiger partial charge in [0.25, 0.3) is 0 Å². The number of fused-ring (bicyclic) bond motifs is 1. The van der Waals surface area contributed by atoms with Crippen LogP contribution in [0.1, 0.15) is 12.5 Å². The summed E-state index contributed by atoms with van der Waals surface area (Å²) in [6.07, 6.45) is 3.10. The molecule has 8 heteroatoms. The van der Waals surface area contributed by atoms with E-state index in [4.69, 9.17) is 0 Å². The molecular formula is C16H15F2N3O2S. The number of hydrogen-bond acceptors (Lipinski definition) is 3. The van der Waals surface area contributed by atoms with Crippen LogP contribution in [-0.4, -0.2) is 18.0 Å². The normalized spacial score (nSPS) is 12.0. The number of pyridine rings is 1. The molecular weight excluding hydrogens is 336 g/mol. The Morgan fingerprint density at radius 2 is 1.92 bits per heavy atom. The van der Waals surface area contributed by atoms with Gasteiger partial charge in [-0.05, 0) is 36.8 Å². The fourth-order valence-electron chi connectivity index (χ4n) is 2.51. The highest BCUT2D eigenvalue weighted by molar-refractivity contribution is 7.89. The van der Waals surface area contributed by atoms with Gasteiger partial charge < -0.3 is 4.57 Å². The zero-order valence-electron chi connectivity index (χ0n) is 12.8. The van der Waals surface area contributed by atoms with Crippen molar-refractivity contribution in [2.75, 3.05) is 0 Å². The Hall–Kier alpha value is -2.32. The Kier molecular flexibility index (Phi) is 4.33. The number of halogens is 2. The molecule has 0 atom stereocenters. The van der Waals surface area contributed by atoms with Crippen LogP contribution in [0.3, 0.4) is 0 Å². The third-order valence-electron chi connectivity index (χ3n) is 3.62. The molecule has 0 saturated heterocycles. The number of aromatic nitrogens is 2. The van der Waals surface area contributed by atoms with Crippen LogP contribution in [0.2, 0.25) is 0 Å². The molecule has 1 aromatic carbocycles. The highest BCUT2D eigenvalue weighted by Crippen LogP contribution is 2.24. The van der Waals surface area contributed by atoms with Crippen molar-refractivity contribution in [3.05, 3.63) is 59.9 Å². The molecule has 2 aromatic heterocycles. The third-order valence-corrected chi connectivity index (χ3v) is 5.04. The van der Waals surface area contributed by atoms with E-state index in [-0.39, 0.29) is 17.0 Å². The minimum atomic E-state index is -3.86. The van der Waals surface area contributed by atoms with E-state index in [9.17, 15) is 17.2 Å². The molecule has 24 heavy (non-hydrogen) atoms. The molecule has 3 rings (SSSR count). The Balaban J connectivity index is 1.93. The van der Waals surface area contributed by atoms with Gasteiger partial charge in [0.05, 0.1) is 0 Å². The second-order valence-electron chi connectivity index (χ2n) is 5.26. The first-order chi connectivity index (χ1) is 11.4. The SMILES string of the molecule is CCn1cc(S(=O)(=O)NCc2cc(F)cc(F)c2)c2cccnc21. The van der Waals surface area contributed by atoms with E-state index in [2.05, 4.69) is 9.71 Å². The molecule has 5 nitrogen and oxygen atoms in total. The Bertz CT molecular complexity index is 979. The predicted molar refractivity (Wildman–Crippen MR) is 85.8 cm³/mol. The van der Waals surface area contributed by atoms with E-state index in [1.807, 2.05) is 6.92 Å². The quantitative estimate of drug-likeness (QED) is 0.769. The van der Waals surface area contributed by atoms with Gasteiger partial charge >= 0.3 is 0 Å². The minimum Gasteiger partial charge on any atom is -0.331 e. The van der Waals surface area contributed by atoms with Gasteiger partial charge in [-0.15, -0.1) is 0 Å². The van der Waals surface area contributed by atoms with E-state index in [0.29, 0.717) is 17.6 Å². The largest absolute Gasteiger partial charge is 0.331 e. The zero-order chi connectivity index (χ0) is 17.3. The van der Waals surface area contributed by atoms with Crippen LogP contribution >= 0.6 is 0 Å². The molecule has 0 radical (unpaired) electrons. The maximum Gasteiger partial charge on any atom is 0.243 e. The van der Waals surface area contributed by atoms with Crippen molar-refractivity contribution in [3.8, 4) is 0 Å². The van der Waals surface area contributed by atoms with Crippen LogP contribution in [0.4, 0.5) is 8.78 Å². The summed E-state index contributed by atoms with van der Waals surface area (Å²) < 4.78 is 55.7. The van der Waals surface area contributed by atoms with Crippen LogP contribution in [0, 0.1) is 11.6 Å². The molecule has 126 valence electrons. The van der Waals surface area contributed by atoms with Crippen molar-refractivity contribution >= 4 is 21.1 Å². The van der Waals surface area contributed by atoms with Gasteiger partial charge in [-0.3, -0.25) is 0 Å². The lowest BCUT2D eigenvalue weighted by Crippen LogP contribution is -2.23. The van der Waals surface area contributed by atoms with Gasteiger partial charge in [-0.1, -0.05) is 0 Å². The fourth-order valence-corrected chi connectivity index (χ4v) is 3.74. The van der Waals surface area contributed by atoms with Crippen molar-refractivity contribution in [1.29, 1.82) is 0 Å². The number of hydrogen-bond donors (Lipinski definition) is 1. The van der Waals surface area contributed by atoms with Crippen molar-refractivity contribution in [2.45, 2.75) is 24.9 Å². The maximum atomic E-state index is 13.2. The number of sulfonamides is 1. The van der Waals surface area contributed by atoms with E-state index in [1.54, 1.807) is 22.9 Å². The summed E-state index contributed by atoms with van der Waals surface area (Å²) in [4.78, 5) is 4.29. The Labute approximate surface area is 138 Å². The van der Waals surface area contributed by atoms with E-state index >= 15 is 0 Å². The first kappa shape index (κ1) is 16.5. The summed E-state index contributed by atoms with van der Waals surface area (Å²) in [5.74, 6) is -1.51. The van der Waals surface area contributed by atoms with Gasteiger partial charge in [0.2, 0.25) is 10.0 Å². The zero-order valence-corrected chi connectivity index (χ0v) is 13.6. The standard InChI is InChI=1S/C16H15F2N3O2S/c1-2-21-10-15(14-4-3-5-19-16(14)21)24(22,23)20-9-11-6-12(17)8-13(18)7-11/h3-8,10,20H,2,9H2,1H3. The van der Waals surface area contributed by atoms with Crippen LogP contribution in [0.5, 0.6) is 0 Å². The van der Waals surface area contributed by atoms with Crippen molar-refractivity contribution in [2.24, 2.45) is 0 Å². The van der Waals surface area contributed by atoms with Gasteiger partial charge in [0, 0.05) is 36.9 Å². The molecule has 0 amide bonds. The number of rotatable bonds is 5. The van der Waals surface area contributed by atoms with Crippen LogP contribution in [0.25, 0.3) is 11.0 Å². The summed E-state index contributed by atoms with van der Waals surface area (Å²) in [6.45, 7) is 2.24. The average Bonchev–Trinajstić information content (AvgIpc) is 2.92. The lowest BCUT2D eigenvalue weighted by atomic mass is 10.2. The molecule has 0 fully saturated rings. The Morgan fingerprint density at radius 1 is 1.21 bits per heavy atom. The maximum absolute atomic E-state index is 13.2. The van der Waals surface area contributed by atoms with Crippen LogP contribution in [-0.2, 0) is 23.1 Å². The number of benzene rings is 1. The lowest BCUT2D eigenvalue weighted by Gasteiger charge is -2.06. The first-order valence-corrected chi connectivity index (χ1v) is 8.77. The Morgan fingerprint density at radius 3 is 2.58 bits per heavy atom. The number of aryl methyl sites for hydroxylation is 1. The molecule has 0 bridgehead atoms. The molecule has 0 aliphatic rings. The van der Waals surface area contributed by atoms with Crippen LogP contribution in [0.15, 0.2) is 47.6 Å². The van der Waals surface area contributed by atoms with Gasteiger partial charge in [-0.25, -0.2) is 26.9 Å². The predicted octanol–water partition coefficient (Wildman–Crippen LogP) is 2.81. The summed E-state index contributed by atoms with van der Waals surface area (Å²) in [5.41, 5.74) is 0.769. The molecule has 3 aromatic rings. The van der Waals surface area contributed by atoms with E-state index in [1.165, 1.54) is 6.20 Å². The summed E-state index contributed by atoms with van der Waals surface area (Å²) in [5, 5.41) is 0.497. The summed E-state index contributed by atoms with van der Waals surface area (Å²) in [7, 11) is -3.86. The fraction of sp³-hybridized carbons (Fsp3) is 0.188. The van der Waals surface area contributed by atoms with Crippen molar-refractivity contribution in [1.82, 2.24) is 14.3 Å². The molecule has 1 N–H and O–H groups in total. The van der Waals surface area contributed by atoms with Crippen molar-refractivity contribution in [3.63, 3.8) is 0 Å². The first-order valence-electron chi connectivity index (χ1n) is 7.29. The molecule has 2 heterocycles. The molecule has 0 spiro atoms. The molecule has 0 aliphatic carbocycles. The van der Waals surface area contributed by atoms with Gasteiger partial charge in [0.15, 0.2) is 0 Å². The topological polar surface area (TPSA) is 64.0 Å². The second kappa shape index (κ2) is 6.29. The summed E-state index contributed by atoms with van der Waals surface area (Å²) >= 11 is 0. The van der Waals surface area contributed by atoms with E-state index < -0.39 is 21.7 Å². The minimum absolute atomic E-state index is 0.0873. The highest BCUT2D eigenvalue weighted by atomic mass is 32.2. The van der Waals surface area contributed by atoms with Gasteiger partial charge in [0.1, 0.15) is 22.2 Å². The van der Waals surface area contributed by atoms with Crippen LogP contribution < -0.4 is 4.72 Å².